The number of hydrogen-bond acceptors (Lipinski definition) is 4. The van der Waals surface area contributed by atoms with Gasteiger partial charge in [-0.25, -0.2) is 5.43 Å². The molecule has 128 valence electrons. The molecule has 5 heteroatoms. The minimum absolute atomic E-state index is 0.281. The van der Waals surface area contributed by atoms with E-state index in [-0.39, 0.29) is 5.91 Å². The van der Waals surface area contributed by atoms with Crippen molar-refractivity contribution in [3.05, 3.63) is 53.0 Å². The molecule has 0 aliphatic carbocycles. The van der Waals surface area contributed by atoms with Gasteiger partial charge >= 0.3 is 0 Å². The van der Waals surface area contributed by atoms with Crippen LogP contribution in [0.2, 0.25) is 0 Å². The second-order valence-corrected chi connectivity index (χ2v) is 5.65. The van der Waals surface area contributed by atoms with Crippen molar-refractivity contribution in [1.82, 2.24) is 5.43 Å². The minimum atomic E-state index is -0.281. The average molecular weight is 328 g/mol. The smallest absolute Gasteiger partial charge is 0.274 e. The van der Waals surface area contributed by atoms with E-state index in [4.69, 9.17) is 9.15 Å². The molecule has 1 N–H and O–H groups in total. The Balaban J connectivity index is 1.83. The van der Waals surface area contributed by atoms with Gasteiger partial charge < -0.3 is 9.15 Å². The molecule has 0 aliphatic rings. The van der Waals surface area contributed by atoms with Crippen LogP contribution in [0.3, 0.4) is 0 Å². The molecule has 0 bridgehead atoms. The van der Waals surface area contributed by atoms with Crippen molar-refractivity contribution >= 4 is 12.1 Å². The van der Waals surface area contributed by atoms with Gasteiger partial charge in [0.05, 0.1) is 18.4 Å². The van der Waals surface area contributed by atoms with Crippen molar-refractivity contribution in [1.29, 1.82) is 0 Å². The summed E-state index contributed by atoms with van der Waals surface area (Å²) in [5.74, 6) is 1.86. The SMILES string of the molecule is CCCCCOc1ccc(C=NNC(=O)c2cc(C)oc2C)cc1. The molecule has 0 saturated carbocycles. The Labute approximate surface area is 142 Å². The summed E-state index contributed by atoms with van der Waals surface area (Å²) < 4.78 is 11.0. The largest absolute Gasteiger partial charge is 0.494 e. The summed E-state index contributed by atoms with van der Waals surface area (Å²) in [6, 6.07) is 9.30. The molecule has 1 heterocycles. The Morgan fingerprint density at radius 3 is 2.62 bits per heavy atom. The number of rotatable bonds is 8. The number of hydrogen-bond donors (Lipinski definition) is 1. The van der Waals surface area contributed by atoms with Crippen LogP contribution >= 0.6 is 0 Å². The first-order valence-electron chi connectivity index (χ1n) is 8.23. The molecule has 1 aromatic heterocycles. The molecule has 0 aliphatic heterocycles. The normalized spacial score (nSPS) is 11.0. The summed E-state index contributed by atoms with van der Waals surface area (Å²) in [4.78, 5) is 12.0. The standard InChI is InChI=1S/C19H24N2O3/c1-4-5-6-11-23-17-9-7-16(8-10-17)13-20-21-19(22)18-12-14(2)24-15(18)3/h7-10,12-13H,4-6,11H2,1-3H3,(H,21,22). The third kappa shape index (κ3) is 5.26. The second-order valence-electron chi connectivity index (χ2n) is 5.65. The number of carbonyl (C=O) groups is 1. The highest BCUT2D eigenvalue weighted by Gasteiger charge is 2.12. The molecule has 1 aromatic carbocycles. The first-order chi connectivity index (χ1) is 11.6. The van der Waals surface area contributed by atoms with Gasteiger partial charge in [-0.1, -0.05) is 19.8 Å². The summed E-state index contributed by atoms with van der Waals surface area (Å²) in [6.45, 7) is 6.46. The van der Waals surface area contributed by atoms with E-state index in [0.29, 0.717) is 17.1 Å². The summed E-state index contributed by atoms with van der Waals surface area (Å²) >= 11 is 0. The molecule has 0 spiro atoms. The van der Waals surface area contributed by atoms with E-state index < -0.39 is 0 Å². The van der Waals surface area contributed by atoms with Crippen LogP contribution in [0.1, 0.15) is 53.6 Å². The number of hydrazone groups is 1. The Morgan fingerprint density at radius 2 is 2.00 bits per heavy atom. The highest BCUT2D eigenvalue weighted by molar-refractivity contribution is 5.95. The zero-order chi connectivity index (χ0) is 17.4. The molecular formula is C19H24N2O3. The van der Waals surface area contributed by atoms with Crippen molar-refractivity contribution in [3.63, 3.8) is 0 Å². The number of aryl methyl sites for hydroxylation is 2. The van der Waals surface area contributed by atoms with Crippen molar-refractivity contribution in [2.45, 2.75) is 40.0 Å². The second kappa shape index (κ2) is 8.91. The van der Waals surface area contributed by atoms with Crippen LogP contribution in [0.25, 0.3) is 0 Å². The number of benzene rings is 1. The van der Waals surface area contributed by atoms with Crippen LogP contribution in [-0.4, -0.2) is 18.7 Å². The topological polar surface area (TPSA) is 63.8 Å². The third-order valence-corrected chi connectivity index (χ3v) is 3.56. The van der Waals surface area contributed by atoms with Crippen LogP contribution in [0.5, 0.6) is 5.75 Å². The Kier molecular flexibility index (Phi) is 6.61. The van der Waals surface area contributed by atoms with E-state index in [1.807, 2.05) is 24.3 Å². The fourth-order valence-electron chi connectivity index (χ4n) is 2.27. The van der Waals surface area contributed by atoms with Crippen LogP contribution < -0.4 is 10.2 Å². The highest BCUT2D eigenvalue weighted by Crippen LogP contribution is 2.14. The molecule has 0 fully saturated rings. The fourth-order valence-corrected chi connectivity index (χ4v) is 2.27. The molecule has 1 amide bonds. The lowest BCUT2D eigenvalue weighted by atomic mass is 10.2. The van der Waals surface area contributed by atoms with E-state index in [2.05, 4.69) is 17.5 Å². The number of nitrogens with one attached hydrogen (secondary N) is 1. The molecular weight excluding hydrogens is 304 g/mol. The maximum atomic E-state index is 12.0. The van der Waals surface area contributed by atoms with E-state index in [1.54, 1.807) is 26.1 Å². The lowest BCUT2D eigenvalue weighted by Crippen LogP contribution is -2.17. The number of amides is 1. The van der Waals surface area contributed by atoms with E-state index >= 15 is 0 Å². The van der Waals surface area contributed by atoms with Crippen molar-refractivity contribution < 1.29 is 13.9 Å². The molecule has 5 nitrogen and oxygen atoms in total. The van der Waals surface area contributed by atoms with Gasteiger partial charge in [0.1, 0.15) is 17.3 Å². The van der Waals surface area contributed by atoms with Crippen LogP contribution in [0.4, 0.5) is 0 Å². The van der Waals surface area contributed by atoms with Gasteiger partial charge in [-0.2, -0.15) is 5.10 Å². The monoisotopic (exact) mass is 328 g/mol. The maximum absolute atomic E-state index is 12.0. The van der Waals surface area contributed by atoms with E-state index in [0.717, 1.165) is 24.3 Å². The van der Waals surface area contributed by atoms with E-state index in [9.17, 15) is 4.79 Å². The van der Waals surface area contributed by atoms with Gasteiger partial charge in [0, 0.05) is 0 Å². The van der Waals surface area contributed by atoms with E-state index in [1.165, 1.54) is 12.8 Å². The van der Waals surface area contributed by atoms with Gasteiger partial charge in [0.15, 0.2) is 0 Å². The van der Waals surface area contributed by atoms with Crippen LogP contribution in [0, 0.1) is 13.8 Å². The number of unbranched alkanes of at least 4 members (excludes halogenated alkanes) is 2. The Morgan fingerprint density at radius 1 is 1.25 bits per heavy atom. The van der Waals surface area contributed by atoms with Crippen molar-refractivity contribution in [2.75, 3.05) is 6.61 Å². The Hall–Kier alpha value is -2.56. The lowest BCUT2D eigenvalue weighted by molar-refractivity contribution is 0.0953. The molecule has 2 rings (SSSR count). The fraction of sp³-hybridized carbons (Fsp3) is 0.368. The minimum Gasteiger partial charge on any atom is -0.494 e. The van der Waals surface area contributed by atoms with Crippen molar-refractivity contribution in [3.8, 4) is 5.75 Å². The predicted octanol–water partition coefficient (Wildman–Crippen LogP) is 4.23. The molecule has 24 heavy (non-hydrogen) atoms. The van der Waals surface area contributed by atoms with Gasteiger partial charge in [0.25, 0.3) is 5.91 Å². The van der Waals surface area contributed by atoms with Gasteiger partial charge in [-0.3, -0.25) is 4.79 Å². The van der Waals surface area contributed by atoms with Gasteiger partial charge in [-0.05, 0) is 56.2 Å². The first kappa shape index (κ1) is 17.8. The first-order valence-corrected chi connectivity index (χ1v) is 8.23. The zero-order valence-corrected chi connectivity index (χ0v) is 14.5. The summed E-state index contributed by atoms with van der Waals surface area (Å²) in [5, 5.41) is 3.98. The molecule has 0 atom stereocenters. The number of furan rings is 1. The Bertz CT molecular complexity index is 687. The molecule has 2 aromatic rings. The van der Waals surface area contributed by atoms with Gasteiger partial charge in [-0.15, -0.1) is 0 Å². The zero-order valence-electron chi connectivity index (χ0n) is 14.5. The lowest BCUT2D eigenvalue weighted by Gasteiger charge is -2.05. The molecule has 0 unspecified atom stereocenters. The van der Waals surface area contributed by atoms with Crippen LogP contribution in [-0.2, 0) is 0 Å². The number of ether oxygens (including phenoxy) is 1. The van der Waals surface area contributed by atoms with Gasteiger partial charge in [0.2, 0.25) is 0 Å². The average Bonchev–Trinajstić information content (AvgIpc) is 2.91. The maximum Gasteiger partial charge on any atom is 0.274 e. The number of carbonyl (C=O) groups excluding carboxylic acids is 1. The summed E-state index contributed by atoms with van der Waals surface area (Å²) in [7, 11) is 0. The quantitative estimate of drug-likeness (QED) is 0.448. The summed E-state index contributed by atoms with van der Waals surface area (Å²) in [5.41, 5.74) is 3.89. The number of nitrogens with zero attached hydrogens (tertiary/aromatic N) is 1. The molecule has 0 saturated heterocycles. The van der Waals surface area contributed by atoms with Crippen LogP contribution in [0.15, 0.2) is 39.9 Å². The third-order valence-electron chi connectivity index (χ3n) is 3.56. The predicted molar refractivity (Wildman–Crippen MR) is 94.7 cm³/mol. The van der Waals surface area contributed by atoms with Crippen molar-refractivity contribution in [2.24, 2.45) is 5.10 Å². The highest BCUT2D eigenvalue weighted by atomic mass is 16.5. The molecule has 0 radical (unpaired) electrons. The summed E-state index contributed by atoms with van der Waals surface area (Å²) in [6.07, 6.45) is 5.03.